The molecule has 140 valence electrons. The van der Waals surface area contributed by atoms with Gasteiger partial charge in [-0.1, -0.05) is 18.2 Å². The first kappa shape index (κ1) is 17.5. The molecule has 0 spiro atoms. The summed E-state index contributed by atoms with van der Waals surface area (Å²) in [5.74, 6) is 1.94. The van der Waals surface area contributed by atoms with Crippen LogP contribution in [0.1, 0.15) is 17.5 Å². The Morgan fingerprint density at radius 2 is 2.19 bits per heavy atom. The summed E-state index contributed by atoms with van der Waals surface area (Å²) in [7, 11) is 1.68. The highest BCUT2D eigenvalue weighted by Gasteiger charge is 2.12. The summed E-state index contributed by atoms with van der Waals surface area (Å²) >= 11 is 0. The molecule has 0 fully saturated rings. The average Bonchev–Trinajstić information content (AvgIpc) is 3.32. The van der Waals surface area contributed by atoms with Crippen molar-refractivity contribution in [1.82, 2.24) is 9.88 Å². The summed E-state index contributed by atoms with van der Waals surface area (Å²) < 4.78 is 13.1. The summed E-state index contributed by atoms with van der Waals surface area (Å²) in [6.07, 6.45) is 4.25. The molecule has 1 N–H and O–H groups in total. The first-order valence-corrected chi connectivity index (χ1v) is 9.38. The first-order chi connectivity index (χ1) is 13.2. The lowest BCUT2D eigenvalue weighted by atomic mass is 10.0. The number of amides is 1. The Morgan fingerprint density at radius 1 is 1.26 bits per heavy atom. The third kappa shape index (κ3) is 3.77. The number of ether oxygens (including phenoxy) is 2. The third-order valence-electron chi connectivity index (χ3n) is 5.06. The molecule has 0 bridgehead atoms. The molecule has 2 heterocycles. The van der Waals surface area contributed by atoms with Crippen molar-refractivity contribution in [1.29, 1.82) is 0 Å². The topological polar surface area (TPSA) is 52.5 Å². The fourth-order valence-electron chi connectivity index (χ4n) is 3.63. The summed E-state index contributed by atoms with van der Waals surface area (Å²) in [6, 6.07) is 14.3. The van der Waals surface area contributed by atoms with Crippen LogP contribution in [-0.4, -0.2) is 30.7 Å². The van der Waals surface area contributed by atoms with Crippen LogP contribution in [0.25, 0.3) is 10.9 Å². The maximum absolute atomic E-state index is 12.2. The lowest BCUT2D eigenvalue weighted by Gasteiger charge is -2.09. The van der Waals surface area contributed by atoms with Crippen LogP contribution < -0.4 is 14.8 Å². The quantitative estimate of drug-likeness (QED) is 0.700. The van der Waals surface area contributed by atoms with Gasteiger partial charge in [-0.25, -0.2) is 0 Å². The van der Waals surface area contributed by atoms with Gasteiger partial charge in [0.2, 0.25) is 5.91 Å². The molecular formula is C22H24N2O3. The van der Waals surface area contributed by atoms with Crippen molar-refractivity contribution in [2.75, 3.05) is 20.3 Å². The zero-order valence-corrected chi connectivity index (χ0v) is 15.5. The van der Waals surface area contributed by atoms with Gasteiger partial charge in [0.1, 0.15) is 11.5 Å². The van der Waals surface area contributed by atoms with Crippen LogP contribution in [0.3, 0.4) is 0 Å². The number of hydrogen-bond donors (Lipinski definition) is 1. The van der Waals surface area contributed by atoms with E-state index in [1.807, 2.05) is 30.5 Å². The number of fused-ring (bicyclic) bond motifs is 2. The van der Waals surface area contributed by atoms with E-state index < -0.39 is 0 Å². The Hall–Kier alpha value is -2.95. The van der Waals surface area contributed by atoms with Crippen LogP contribution >= 0.6 is 0 Å². The van der Waals surface area contributed by atoms with E-state index in [1.54, 1.807) is 7.11 Å². The van der Waals surface area contributed by atoms with E-state index in [0.29, 0.717) is 13.0 Å². The largest absolute Gasteiger partial charge is 0.496 e. The van der Waals surface area contributed by atoms with Crippen LogP contribution in [0.2, 0.25) is 0 Å². The predicted octanol–water partition coefficient (Wildman–Crippen LogP) is 3.33. The number of hydrogen-bond acceptors (Lipinski definition) is 3. The lowest BCUT2D eigenvalue weighted by Crippen LogP contribution is -2.27. The molecule has 1 aliphatic rings. The summed E-state index contributed by atoms with van der Waals surface area (Å²) in [5, 5.41) is 4.11. The molecule has 0 saturated heterocycles. The normalized spacial score (nSPS) is 12.6. The zero-order valence-electron chi connectivity index (χ0n) is 15.5. The molecule has 4 rings (SSSR count). The second-order valence-electron chi connectivity index (χ2n) is 6.79. The molecule has 0 atom stereocenters. The summed E-state index contributed by atoms with van der Waals surface area (Å²) in [5.41, 5.74) is 3.56. The van der Waals surface area contributed by atoms with Crippen LogP contribution in [0.5, 0.6) is 11.5 Å². The van der Waals surface area contributed by atoms with Gasteiger partial charge in [0.25, 0.3) is 0 Å². The molecule has 3 aromatic rings. The second kappa shape index (κ2) is 7.74. The Balaban J connectivity index is 1.27. The Labute approximate surface area is 158 Å². The molecule has 1 aliphatic heterocycles. The Bertz CT molecular complexity index is 961. The minimum absolute atomic E-state index is 0.0841. The average molecular weight is 364 g/mol. The van der Waals surface area contributed by atoms with Gasteiger partial charge in [-0.05, 0) is 41.8 Å². The van der Waals surface area contributed by atoms with Gasteiger partial charge in [0.05, 0.1) is 19.2 Å². The van der Waals surface area contributed by atoms with Gasteiger partial charge >= 0.3 is 0 Å². The predicted molar refractivity (Wildman–Crippen MR) is 105 cm³/mol. The molecule has 27 heavy (non-hydrogen) atoms. The summed E-state index contributed by atoms with van der Waals surface area (Å²) in [6.45, 7) is 2.11. The van der Waals surface area contributed by atoms with Crippen molar-refractivity contribution in [3.8, 4) is 11.5 Å². The number of methoxy groups -OCH3 is 1. The fraction of sp³-hybridized carbons (Fsp3) is 0.318. The smallest absolute Gasteiger partial charge is 0.220 e. The van der Waals surface area contributed by atoms with Gasteiger partial charge in [-0.3, -0.25) is 4.79 Å². The number of aryl methyl sites for hydroxylation is 1. The van der Waals surface area contributed by atoms with Gasteiger partial charge in [0, 0.05) is 37.5 Å². The molecule has 0 aliphatic carbocycles. The molecule has 0 unspecified atom stereocenters. The van der Waals surface area contributed by atoms with E-state index in [1.165, 1.54) is 11.1 Å². The first-order valence-electron chi connectivity index (χ1n) is 9.38. The number of nitrogens with zero attached hydrogens (tertiary/aromatic N) is 1. The van der Waals surface area contributed by atoms with Gasteiger partial charge < -0.3 is 19.4 Å². The van der Waals surface area contributed by atoms with E-state index in [4.69, 9.17) is 9.47 Å². The standard InChI is InChI=1S/C22H24N2O3/c1-26-21-4-2-3-19-18(21)9-12-24(19)13-11-23-22(25)8-6-16-5-7-20-17(15-16)10-14-27-20/h2-5,7,9,12,15H,6,8,10-11,13-14H2,1H3,(H,23,25). The SMILES string of the molecule is COc1cccc2c1ccn2CCNC(=O)CCc1ccc2c(c1)CCO2. The Kier molecular flexibility index (Phi) is 5.01. The van der Waals surface area contributed by atoms with Crippen LogP contribution in [0, 0.1) is 0 Å². The molecule has 0 saturated carbocycles. The molecule has 1 aromatic heterocycles. The van der Waals surface area contributed by atoms with Crippen LogP contribution in [-0.2, 0) is 24.2 Å². The third-order valence-corrected chi connectivity index (χ3v) is 5.06. The van der Waals surface area contributed by atoms with Gasteiger partial charge in [-0.2, -0.15) is 0 Å². The van der Waals surface area contributed by atoms with Crippen molar-refractivity contribution < 1.29 is 14.3 Å². The van der Waals surface area contributed by atoms with E-state index in [0.717, 1.165) is 48.4 Å². The van der Waals surface area contributed by atoms with Crippen molar-refractivity contribution >= 4 is 16.8 Å². The van der Waals surface area contributed by atoms with Crippen molar-refractivity contribution in [2.24, 2.45) is 0 Å². The molecule has 2 aromatic carbocycles. The minimum atomic E-state index is 0.0841. The Morgan fingerprint density at radius 3 is 3.07 bits per heavy atom. The van der Waals surface area contributed by atoms with E-state index in [9.17, 15) is 4.79 Å². The molecule has 5 nitrogen and oxygen atoms in total. The van der Waals surface area contributed by atoms with E-state index in [2.05, 4.69) is 28.1 Å². The fourth-order valence-corrected chi connectivity index (χ4v) is 3.63. The summed E-state index contributed by atoms with van der Waals surface area (Å²) in [4.78, 5) is 12.2. The number of nitrogens with one attached hydrogen (secondary N) is 1. The van der Waals surface area contributed by atoms with Gasteiger partial charge in [0.15, 0.2) is 0 Å². The number of carbonyl (C=O) groups excluding carboxylic acids is 1. The minimum Gasteiger partial charge on any atom is -0.496 e. The highest BCUT2D eigenvalue weighted by atomic mass is 16.5. The number of carbonyl (C=O) groups is 1. The van der Waals surface area contributed by atoms with E-state index >= 15 is 0 Å². The van der Waals surface area contributed by atoms with Crippen molar-refractivity contribution in [2.45, 2.75) is 25.8 Å². The number of benzene rings is 2. The molecule has 5 heteroatoms. The van der Waals surface area contributed by atoms with E-state index in [-0.39, 0.29) is 5.91 Å². The number of aromatic nitrogens is 1. The monoisotopic (exact) mass is 364 g/mol. The van der Waals surface area contributed by atoms with Crippen LogP contribution in [0.15, 0.2) is 48.7 Å². The number of rotatable bonds is 7. The molecule has 0 radical (unpaired) electrons. The molecule has 1 amide bonds. The van der Waals surface area contributed by atoms with Crippen molar-refractivity contribution in [3.05, 3.63) is 59.8 Å². The van der Waals surface area contributed by atoms with Crippen LogP contribution in [0.4, 0.5) is 0 Å². The lowest BCUT2D eigenvalue weighted by molar-refractivity contribution is -0.121. The van der Waals surface area contributed by atoms with Gasteiger partial charge in [-0.15, -0.1) is 0 Å². The molecular weight excluding hydrogens is 340 g/mol. The highest BCUT2D eigenvalue weighted by molar-refractivity contribution is 5.86. The van der Waals surface area contributed by atoms with Crippen molar-refractivity contribution in [3.63, 3.8) is 0 Å². The highest BCUT2D eigenvalue weighted by Crippen LogP contribution is 2.27. The second-order valence-corrected chi connectivity index (χ2v) is 6.79. The zero-order chi connectivity index (χ0) is 18.6. The maximum Gasteiger partial charge on any atom is 0.220 e. The maximum atomic E-state index is 12.2.